The molecule has 2 heterocycles. The van der Waals surface area contributed by atoms with Crippen LogP contribution in [0.1, 0.15) is 59.5 Å². The Balaban J connectivity index is 0.00000129. The van der Waals surface area contributed by atoms with E-state index in [1.54, 1.807) is 30.3 Å². The Morgan fingerprint density at radius 2 is 0.839 bits per heavy atom. The van der Waals surface area contributed by atoms with Crippen LogP contribution in [-0.2, 0) is 0 Å². The molecule has 0 atom stereocenters. The van der Waals surface area contributed by atoms with Gasteiger partial charge < -0.3 is 4.57 Å². The molecule has 2 amide bonds. The third-order valence-corrected chi connectivity index (χ3v) is 11.0. The van der Waals surface area contributed by atoms with Crippen LogP contribution in [0.25, 0.3) is 72.0 Å². The zero-order chi connectivity index (χ0) is 43.3. The predicted octanol–water partition coefficient (Wildman–Crippen LogP) is 14.0. The van der Waals surface area contributed by atoms with Gasteiger partial charge in [0.05, 0.1) is 56.8 Å². The Morgan fingerprint density at radius 3 is 1.29 bits per heavy atom. The molecular formula is C56H42N4O2. The van der Waals surface area contributed by atoms with E-state index >= 15 is 4.79 Å². The Labute approximate surface area is 361 Å². The molecule has 0 unspecified atom stereocenters. The smallest absolute Gasteiger partial charge is 0.268 e. The van der Waals surface area contributed by atoms with Gasteiger partial charge in [-0.05, 0) is 88.0 Å². The van der Waals surface area contributed by atoms with Crippen LogP contribution in [0.5, 0.6) is 0 Å². The number of carbonyl (C=O) groups excluding carboxylic acids is 2. The number of aromatic nitrogens is 1. The fraction of sp³-hybridized carbons (Fsp3) is 0.0714. The molecule has 0 N–H and O–H groups in total. The van der Waals surface area contributed by atoms with Crippen molar-refractivity contribution in [3.63, 3.8) is 0 Å². The van der Waals surface area contributed by atoms with Crippen LogP contribution in [0.4, 0.5) is 5.69 Å². The Kier molecular flexibility index (Phi) is 11.4. The second-order valence-electron chi connectivity index (χ2n) is 14.3. The zero-order valence-electron chi connectivity index (χ0n) is 34.9. The van der Waals surface area contributed by atoms with E-state index < -0.39 is 11.8 Å². The van der Waals surface area contributed by atoms with Crippen molar-refractivity contribution in [3.05, 3.63) is 204 Å². The van der Waals surface area contributed by atoms with Gasteiger partial charge in [-0.1, -0.05) is 155 Å². The molecule has 1 aliphatic rings. The van der Waals surface area contributed by atoms with Crippen molar-refractivity contribution in [2.45, 2.75) is 27.7 Å². The molecule has 62 heavy (non-hydrogen) atoms. The van der Waals surface area contributed by atoms with Crippen molar-refractivity contribution in [1.82, 2.24) is 4.57 Å². The van der Waals surface area contributed by atoms with Gasteiger partial charge in [0.2, 0.25) is 0 Å². The summed E-state index contributed by atoms with van der Waals surface area (Å²) in [6, 6.07) is 63.0. The molecule has 0 fully saturated rings. The highest BCUT2D eigenvalue weighted by Crippen LogP contribution is 2.44. The number of para-hydroxylation sites is 2. The van der Waals surface area contributed by atoms with E-state index in [4.69, 9.17) is 0 Å². The number of carbonyl (C=O) groups is 2. The molecule has 0 aliphatic carbocycles. The summed E-state index contributed by atoms with van der Waals surface area (Å²) in [6.45, 7) is 8.00. The first-order valence-electron chi connectivity index (χ1n) is 20.9. The normalized spacial score (nSPS) is 11.5. The van der Waals surface area contributed by atoms with Crippen LogP contribution < -0.4 is 4.90 Å². The summed E-state index contributed by atoms with van der Waals surface area (Å²) in [7, 11) is 0. The highest BCUT2D eigenvalue weighted by molar-refractivity contribution is 6.36. The second-order valence-corrected chi connectivity index (χ2v) is 14.3. The number of amides is 2. The van der Waals surface area contributed by atoms with E-state index in [0.29, 0.717) is 33.6 Å². The Bertz CT molecular complexity index is 3030. The number of imide groups is 1. The fourth-order valence-corrected chi connectivity index (χ4v) is 8.29. The van der Waals surface area contributed by atoms with Crippen LogP contribution in [0.15, 0.2) is 182 Å². The molecule has 0 radical (unpaired) electrons. The lowest BCUT2D eigenvalue weighted by Gasteiger charge is -2.18. The van der Waals surface area contributed by atoms with Gasteiger partial charge in [-0.3, -0.25) is 9.59 Å². The maximum Gasteiger partial charge on any atom is 0.268 e. The van der Waals surface area contributed by atoms with Crippen LogP contribution in [0, 0.1) is 22.7 Å². The lowest BCUT2D eigenvalue weighted by Crippen LogP contribution is -2.29. The SMILES string of the molecule is CC.CC.N#Cc1ccc(-c2cccc3c4cccc(-c5ccc(C#N)cc5)c4n(-c4cccc5c4C(=O)N(c4cc(-c6ccccc6)cc(-c6ccccc6)c4)C5=O)c23)cc1. The van der Waals surface area contributed by atoms with Crippen LogP contribution >= 0.6 is 0 Å². The first-order chi connectivity index (χ1) is 30.5. The third-order valence-electron chi connectivity index (χ3n) is 11.0. The number of fused-ring (bicyclic) bond motifs is 4. The number of rotatable bonds is 6. The molecular weight excluding hydrogens is 761 g/mol. The first kappa shape index (κ1) is 40.5. The highest BCUT2D eigenvalue weighted by Gasteiger charge is 2.40. The van der Waals surface area contributed by atoms with E-state index in [2.05, 4.69) is 34.9 Å². The lowest BCUT2D eigenvalue weighted by atomic mass is 9.97. The minimum absolute atomic E-state index is 0.307. The molecule has 8 aromatic carbocycles. The number of nitriles is 2. The maximum absolute atomic E-state index is 15.2. The molecule has 6 heteroatoms. The van der Waals surface area contributed by atoms with Gasteiger partial charge in [0.1, 0.15) is 0 Å². The standard InChI is InChI=1S/C52H30N4O2.2C2H6/c53-31-33-20-24-37(25-21-33)42-14-7-16-44-45-17-8-15-43(38-26-22-34(32-54)23-27-38)50(45)56(49(42)44)47-19-9-18-46-48(47)52(58)55(51(46)57)41-29-39(35-10-3-1-4-11-35)28-40(30-41)36-12-5-2-6-13-36;2*1-2/h1-30H;2*1-2H3. The molecule has 0 bridgehead atoms. The summed E-state index contributed by atoms with van der Waals surface area (Å²) in [5.74, 6) is -0.812. The Morgan fingerprint density at radius 1 is 0.403 bits per heavy atom. The molecule has 6 nitrogen and oxygen atoms in total. The Hall–Kier alpha value is -8.32. The van der Waals surface area contributed by atoms with Crippen molar-refractivity contribution in [2.75, 3.05) is 4.90 Å². The minimum Gasteiger partial charge on any atom is -0.307 e. The first-order valence-corrected chi connectivity index (χ1v) is 20.9. The van der Waals surface area contributed by atoms with E-state index in [1.165, 1.54) is 4.90 Å². The number of nitrogens with zero attached hydrogens (tertiary/aromatic N) is 4. The highest BCUT2D eigenvalue weighted by atomic mass is 16.2. The van der Waals surface area contributed by atoms with Crippen LogP contribution in [0.3, 0.4) is 0 Å². The van der Waals surface area contributed by atoms with Crippen molar-refractivity contribution in [3.8, 4) is 62.3 Å². The fourth-order valence-electron chi connectivity index (χ4n) is 8.29. The number of hydrogen-bond acceptors (Lipinski definition) is 4. The minimum atomic E-state index is -0.415. The summed E-state index contributed by atoms with van der Waals surface area (Å²) >= 11 is 0. The predicted molar refractivity (Wildman–Crippen MR) is 252 cm³/mol. The number of anilines is 1. The number of hydrogen-bond donors (Lipinski definition) is 0. The van der Waals surface area contributed by atoms with Crippen LogP contribution in [0.2, 0.25) is 0 Å². The quantitative estimate of drug-likeness (QED) is 0.157. The largest absolute Gasteiger partial charge is 0.307 e. The van der Waals surface area contributed by atoms with Crippen molar-refractivity contribution in [2.24, 2.45) is 0 Å². The molecule has 0 saturated carbocycles. The molecule has 0 spiro atoms. The molecule has 1 aromatic heterocycles. The summed E-state index contributed by atoms with van der Waals surface area (Å²) in [4.78, 5) is 31.2. The monoisotopic (exact) mass is 802 g/mol. The average molecular weight is 803 g/mol. The van der Waals surface area contributed by atoms with Crippen LogP contribution in [-0.4, -0.2) is 16.4 Å². The maximum atomic E-state index is 15.2. The molecule has 9 aromatic rings. The van der Waals surface area contributed by atoms with Crippen molar-refractivity contribution >= 4 is 39.3 Å². The van der Waals surface area contributed by atoms with E-state index in [9.17, 15) is 15.3 Å². The van der Waals surface area contributed by atoms with Gasteiger partial charge in [0, 0.05) is 21.9 Å². The van der Waals surface area contributed by atoms with Gasteiger partial charge in [-0.15, -0.1) is 0 Å². The summed E-state index contributed by atoms with van der Waals surface area (Å²) in [6.07, 6.45) is 0. The number of benzene rings is 8. The summed E-state index contributed by atoms with van der Waals surface area (Å²) in [5.41, 5.74) is 11.8. The summed E-state index contributed by atoms with van der Waals surface area (Å²) in [5, 5.41) is 21.1. The molecule has 10 rings (SSSR count). The van der Waals surface area contributed by atoms with E-state index in [1.807, 2.05) is 161 Å². The molecule has 1 aliphatic heterocycles. The van der Waals surface area contributed by atoms with Gasteiger partial charge in [0.15, 0.2) is 0 Å². The molecule has 0 saturated heterocycles. The zero-order valence-corrected chi connectivity index (χ0v) is 34.9. The van der Waals surface area contributed by atoms with E-state index in [-0.39, 0.29) is 0 Å². The van der Waals surface area contributed by atoms with Crippen molar-refractivity contribution < 1.29 is 9.59 Å². The van der Waals surface area contributed by atoms with E-state index in [0.717, 1.165) is 66.3 Å². The van der Waals surface area contributed by atoms with Gasteiger partial charge in [-0.2, -0.15) is 10.5 Å². The summed E-state index contributed by atoms with van der Waals surface area (Å²) < 4.78 is 2.12. The topological polar surface area (TPSA) is 89.9 Å². The van der Waals surface area contributed by atoms with Gasteiger partial charge >= 0.3 is 0 Å². The third kappa shape index (κ3) is 7.00. The second kappa shape index (κ2) is 17.5. The molecule has 298 valence electrons. The van der Waals surface area contributed by atoms with Gasteiger partial charge in [-0.25, -0.2) is 4.90 Å². The van der Waals surface area contributed by atoms with Crippen molar-refractivity contribution in [1.29, 1.82) is 10.5 Å². The van der Waals surface area contributed by atoms with Gasteiger partial charge in [0.25, 0.3) is 11.8 Å². The average Bonchev–Trinajstić information content (AvgIpc) is 3.83. The lowest BCUT2D eigenvalue weighted by molar-refractivity contribution is 0.0926.